The number of carbonyl (C=O) groups excluding carboxylic acids is 1. The molecule has 0 aliphatic carbocycles. The molecule has 0 radical (unpaired) electrons. The Morgan fingerprint density at radius 2 is 1.82 bits per heavy atom. The zero-order valence-electron chi connectivity index (χ0n) is 17.5. The van der Waals surface area contributed by atoms with E-state index in [2.05, 4.69) is 15.4 Å². The zero-order chi connectivity index (χ0) is 22.9. The predicted octanol–water partition coefficient (Wildman–Crippen LogP) is 5.30. The first-order valence-corrected chi connectivity index (χ1v) is 10.1. The minimum Gasteiger partial charge on any atom is -0.307 e. The number of rotatable bonds is 4. The van der Waals surface area contributed by atoms with Crippen LogP contribution in [0.2, 0.25) is 0 Å². The van der Waals surface area contributed by atoms with Crippen LogP contribution in [0, 0.1) is 18.6 Å². The molecule has 0 saturated carbocycles. The molecule has 3 aromatic heterocycles. The van der Waals surface area contributed by atoms with Crippen molar-refractivity contribution >= 4 is 17.4 Å². The first-order valence-electron chi connectivity index (χ1n) is 10.1. The van der Waals surface area contributed by atoms with Crippen molar-refractivity contribution in [1.82, 2.24) is 19.6 Å². The molecule has 6 nitrogen and oxygen atoms in total. The van der Waals surface area contributed by atoms with Gasteiger partial charge in [-0.05, 0) is 73.2 Å². The minimum absolute atomic E-state index is 0.182. The number of pyridine rings is 1. The van der Waals surface area contributed by atoms with Gasteiger partial charge in [0.1, 0.15) is 23.1 Å². The number of carbonyl (C=O) groups is 1. The number of halogens is 2. The van der Waals surface area contributed by atoms with Gasteiger partial charge >= 0.3 is 0 Å². The molecule has 0 spiro atoms. The van der Waals surface area contributed by atoms with E-state index in [1.807, 2.05) is 6.07 Å². The molecular weight excluding hydrogens is 424 g/mol. The van der Waals surface area contributed by atoms with Gasteiger partial charge in [0.25, 0.3) is 5.91 Å². The van der Waals surface area contributed by atoms with Gasteiger partial charge in [-0.2, -0.15) is 5.10 Å². The van der Waals surface area contributed by atoms with Crippen molar-refractivity contribution in [3.63, 3.8) is 0 Å². The van der Waals surface area contributed by atoms with E-state index in [0.717, 1.165) is 11.6 Å². The number of nitrogens with zero attached hydrogens (tertiary/aromatic N) is 4. The van der Waals surface area contributed by atoms with Crippen molar-refractivity contribution in [2.75, 3.05) is 5.32 Å². The Bertz CT molecular complexity index is 1510. The van der Waals surface area contributed by atoms with Crippen LogP contribution in [0.3, 0.4) is 0 Å². The van der Waals surface area contributed by atoms with Gasteiger partial charge in [-0.3, -0.25) is 4.79 Å². The summed E-state index contributed by atoms with van der Waals surface area (Å²) >= 11 is 0. The fraction of sp³-hybridized carbons (Fsp3) is 0.0400. The van der Waals surface area contributed by atoms with E-state index < -0.39 is 11.7 Å². The lowest BCUT2D eigenvalue weighted by atomic mass is 10.0. The van der Waals surface area contributed by atoms with Crippen molar-refractivity contribution in [2.24, 2.45) is 0 Å². The summed E-state index contributed by atoms with van der Waals surface area (Å²) in [6.07, 6.45) is 3.20. The maximum Gasteiger partial charge on any atom is 0.256 e. The number of benzene rings is 2. The summed E-state index contributed by atoms with van der Waals surface area (Å²) in [5.41, 5.74) is 4.01. The minimum atomic E-state index is -0.500. The van der Waals surface area contributed by atoms with Crippen LogP contribution >= 0.6 is 0 Å². The van der Waals surface area contributed by atoms with E-state index in [0.29, 0.717) is 28.2 Å². The number of aryl methyl sites for hydroxylation is 1. The van der Waals surface area contributed by atoms with Crippen LogP contribution in [0.5, 0.6) is 0 Å². The molecule has 162 valence electrons. The summed E-state index contributed by atoms with van der Waals surface area (Å²) in [5, 5.41) is 7.12. The Hall–Kier alpha value is -4.46. The molecule has 5 rings (SSSR count). The fourth-order valence-electron chi connectivity index (χ4n) is 3.61. The van der Waals surface area contributed by atoms with E-state index in [1.165, 1.54) is 24.3 Å². The Labute approximate surface area is 187 Å². The monoisotopic (exact) mass is 441 g/mol. The summed E-state index contributed by atoms with van der Waals surface area (Å²) in [5.74, 6) is -0.993. The Kier molecular flexibility index (Phi) is 5.10. The smallest absolute Gasteiger partial charge is 0.256 e. The van der Waals surface area contributed by atoms with Crippen LogP contribution in [-0.2, 0) is 0 Å². The largest absolute Gasteiger partial charge is 0.307 e. The lowest BCUT2D eigenvalue weighted by Gasteiger charge is -2.09. The topological polar surface area (TPSA) is 72.2 Å². The highest BCUT2D eigenvalue weighted by molar-refractivity contribution is 6.04. The zero-order valence-corrected chi connectivity index (χ0v) is 17.5. The molecule has 0 saturated heterocycles. The van der Waals surface area contributed by atoms with E-state index in [-0.39, 0.29) is 17.2 Å². The molecule has 0 unspecified atom stereocenters. The first-order chi connectivity index (χ1) is 16.0. The van der Waals surface area contributed by atoms with E-state index >= 15 is 0 Å². The number of nitrogens with one attached hydrogen (secondary N) is 1. The first kappa shape index (κ1) is 20.4. The number of imidazole rings is 1. The SMILES string of the molecule is Cc1cc(-c2nc3cccnn3c2-c2ccnc(NC(=O)c3cccc(F)c3)c2)ccc1F. The van der Waals surface area contributed by atoms with E-state index in [1.54, 1.807) is 54.2 Å². The van der Waals surface area contributed by atoms with Crippen LogP contribution in [0.15, 0.2) is 79.1 Å². The Morgan fingerprint density at radius 3 is 2.64 bits per heavy atom. The van der Waals surface area contributed by atoms with Crippen molar-refractivity contribution in [3.05, 3.63) is 102 Å². The van der Waals surface area contributed by atoms with E-state index in [4.69, 9.17) is 4.98 Å². The van der Waals surface area contributed by atoms with Crippen molar-refractivity contribution in [2.45, 2.75) is 6.92 Å². The van der Waals surface area contributed by atoms with Gasteiger partial charge in [0.05, 0.1) is 5.69 Å². The molecule has 2 aromatic carbocycles. The number of anilines is 1. The third-order valence-electron chi connectivity index (χ3n) is 5.19. The average molecular weight is 441 g/mol. The normalized spacial score (nSPS) is 11.0. The van der Waals surface area contributed by atoms with Crippen molar-refractivity contribution < 1.29 is 13.6 Å². The standard InChI is InChI=1S/C25H17F2N5O/c1-15-12-16(7-8-20(15)27)23-24(32-22(31-23)6-3-10-29-32)17-9-11-28-21(14-17)30-25(33)18-4-2-5-19(26)13-18/h2-14H,1H3,(H,28,30,33). The summed E-state index contributed by atoms with van der Waals surface area (Å²) in [6.45, 7) is 1.69. The molecule has 1 N–H and O–H groups in total. The summed E-state index contributed by atoms with van der Waals surface area (Å²) in [7, 11) is 0. The molecule has 5 aromatic rings. The number of fused-ring (bicyclic) bond motifs is 1. The van der Waals surface area contributed by atoms with Gasteiger partial charge in [0.2, 0.25) is 0 Å². The highest BCUT2D eigenvalue weighted by Gasteiger charge is 2.18. The van der Waals surface area contributed by atoms with Crippen LogP contribution in [0.25, 0.3) is 28.2 Å². The molecule has 3 heterocycles. The van der Waals surface area contributed by atoms with Crippen LogP contribution in [0.4, 0.5) is 14.6 Å². The highest BCUT2D eigenvalue weighted by atomic mass is 19.1. The lowest BCUT2D eigenvalue weighted by Crippen LogP contribution is -2.13. The van der Waals surface area contributed by atoms with Crippen LogP contribution in [0.1, 0.15) is 15.9 Å². The van der Waals surface area contributed by atoms with Gasteiger partial charge in [0.15, 0.2) is 5.65 Å². The van der Waals surface area contributed by atoms with Crippen LogP contribution < -0.4 is 5.32 Å². The maximum atomic E-state index is 13.9. The third kappa shape index (κ3) is 3.94. The average Bonchev–Trinajstić information content (AvgIpc) is 3.21. The second kappa shape index (κ2) is 8.23. The molecule has 33 heavy (non-hydrogen) atoms. The second-order valence-corrected chi connectivity index (χ2v) is 7.46. The summed E-state index contributed by atoms with van der Waals surface area (Å²) in [6, 6.07) is 17.3. The molecule has 0 aliphatic heterocycles. The van der Waals surface area contributed by atoms with Crippen LogP contribution in [-0.4, -0.2) is 25.5 Å². The Balaban J connectivity index is 1.59. The van der Waals surface area contributed by atoms with Crippen molar-refractivity contribution in [3.8, 4) is 22.5 Å². The van der Waals surface area contributed by atoms with Crippen molar-refractivity contribution in [1.29, 1.82) is 0 Å². The molecule has 0 atom stereocenters. The third-order valence-corrected chi connectivity index (χ3v) is 5.19. The second-order valence-electron chi connectivity index (χ2n) is 7.46. The molecule has 0 fully saturated rings. The van der Waals surface area contributed by atoms with Gasteiger partial charge in [-0.1, -0.05) is 6.07 Å². The molecule has 8 heteroatoms. The molecular formula is C25H17F2N5O. The quantitative estimate of drug-likeness (QED) is 0.411. The lowest BCUT2D eigenvalue weighted by molar-refractivity contribution is 0.102. The molecule has 1 amide bonds. The van der Waals surface area contributed by atoms with Gasteiger partial charge in [-0.25, -0.2) is 23.3 Å². The summed E-state index contributed by atoms with van der Waals surface area (Å²) in [4.78, 5) is 21.5. The maximum absolute atomic E-state index is 13.9. The molecule has 0 bridgehead atoms. The van der Waals surface area contributed by atoms with Gasteiger partial charge < -0.3 is 5.32 Å². The van der Waals surface area contributed by atoms with Gasteiger partial charge in [-0.15, -0.1) is 0 Å². The fourth-order valence-corrected chi connectivity index (χ4v) is 3.61. The number of hydrogen-bond donors (Lipinski definition) is 1. The number of amides is 1. The Morgan fingerprint density at radius 1 is 0.939 bits per heavy atom. The highest BCUT2D eigenvalue weighted by Crippen LogP contribution is 2.33. The number of aromatic nitrogens is 4. The van der Waals surface area contributed by atoms with E-state index in [9.17, 15) is 13.6 Å². The summed E-state index contributed by atoms with van der Waals surface area (Å²) < 4.78 is 29.0. The predicted molar refractivity (Wildman–Crippen MR) is 121 cm³/mol. The number of hydrogen-bond acceptors (Lipinski definition) is 4. The van der Waals surface area contributed by atoms with Gasteiger partial charge in [0, 0.05) is 29.1 Å². The molecule has 0 aliphatic rings.